The monoisotopic (exact) mass is 474 g/mol. The van der Waals surface area contributed by atoms with Crippen LogP contribution in [0.25, 0.3) is 33.5 Å². The van der Waals surface area contributed by atoms with E-state index < -0.39 is 5.41 Å². The molecule has 0 amide bonds. The molecular formula is C30H23FN4O. The van der Waals surface area contributed by atoms with Crippen molar-refractivity contribution in [2.45, 2.75) is 32.1 Å². The molecule has 0 saturated carbocycles. The Morgan fingerprint density at radius 1 is 1.08 bits per heavy atom. The smallest absolute Gasteiger partial charge is 0.176 e. The molecule has 2 aliphatic rings. The molecule has 5 nitrogen and oxygen atoms in total. The van der Waals surface area contributed by atoms with Gasteiger partial charge in [-0.25, -0.2) is 14.4 Å². The summed E-state index contributed by atoms with van der Waals surface area (Å²) < 4.78 is 13.8. The van der Waals surface area contributed by atoms with Crippen molar-refractivity contribution in [2.75, 3.05) is 0 Å². The van der Waals surface area contributed by atoms with E-state index in [1.165, 1.54) is 12.1 Å². The second-order valence-electron chi connectivity index (χ2n) is 9.86. The number of pyridine rings is 1. The number of Topliss-reactive ketones (excluding diaryl/α,β-unsaturated/α-hetero) is 1. The Kier molecular flexibility index (Phi) is 5.04. The zero-order valence-electron chi connectivity index (χ0n) is 20.0. The third-order valence-electron chi connectivity index (χ3n) is 7.85. The lowest BCUT2D eigenvalue weighted by Gasteiger charge is -2.45. The minimum atomic E-state index is -0.610. The first kappa shape index (κ1) is 22.2. The number of aromatic nitrogens is 3. The maximum atomic E-state index is 13.8. The van der Waals surface area contributed by atoms with E-state index in [1.807, 2.05) is 43.3 Å². The van der Waals surface area contributed by atoms with Crippen LogP contribution in [0.15, 0.2) is 72.4 Å². The molecule has 2 heterocycles. The molecule has 0 radical (unpaired) electrons. The molecule has 0 unspecified atom stereocenters. The Morgan fingerprint density at radius 3 is 2.64 bits per heavy atom. The van der Waals surface area contributed by atoms with Crippen molar-refractivity contribution in [3.63, 3.8) is 0 Å². The van der Waals surface area contributed by atoms with Crippen LogP contribution in [0.2, 0.25) is 0 Å². The number of nitrogens with zero attached hydrogens (tertiary/aromatic N) is 4. The summed E-state index contributed by atoms with van der Waals surface area (Å²) in [6.45, 7) is 3.99. The number of nitriles is 1. The fourth-order valence-corrected chi connectivity index (χ4v) is 6.03. The number of allylic oxidation sites excluding steroid dienone is 2. The summed E-state index contributed by atoms with van der Waals surface area (Å²) in [6.07, 6.45) is 5.04. The molecule has 4 aromatic rings. The summed E-state index contributed by atoms with van der Waals surface area (Å²) in [4.78, 5) is 27.5. The zero-order chi connectivity index (χ0) is 25.0. The van der Waals surface area contributed by atoms with Gasteiger partial charge in [-0.15, -0.1) is 0 Å². The molecule has 2 aliphatic carbocycles. The zero-order valence-corrected chi connectivity index (χ0v) is 20.0. The molecular weight excluding hydrogens is 451 g/mol. The van der Waals surface area contributed by atoms with Gasteiger partial charge in [-0.05, 0) is 55.2 Å². The lowest BCUT2D eigenvalue weighted by molar-refractivity contribution is -0.121. The maximum absolute atomic E-state index is 13.8. The number of ketones is 1. The molecule has 0 bridgehead atoms. The Hall–Kier alpha value is -4.24. The fourth-order valence-electron chi connectivity index (χ4n) is 6.03. The van der Waals surface area contributed by atoms with Crippen molar-refractivity contribution in [1.29, 1.82) is 5.26 Å². The first-order valence-corrected chi connectivity index (χ1v) is 12.1. The van der Waals surface area contributed by atoms with Crippen LogP contribution >= 0.6 is 0 Å². The number of halogens is 1. The van der Waals surface area contributed by atoms with Crippen LogP contribution in [0.5, 0.6) is 0 Å². The average Bonchev–Trinajstić information content (AvgIpc) is 2.90. The molecule has 6 heteroatoms. The maximum Gasteiger partial charge on any atom is 0.176 e. The summed E-state index contributed by atoms with van der Waals surface area (Å²) in [5, 5.41) is 10.7. The second kappa shape index (κ2) is 8.17. The standard InChI is InChI=1S/C30H23FN4O/c1-17-24-12-11-23-26(18-7-9-20(31)10-8-18)34-29(22-13-14-33-25-6-4-3-5-21(22)25)35-28(23)30(24,2)15-19(16-32)27(17)36/h3-10,13-15,17,24H,11-12H2,1-2H3/t17-,24-,30-/m1/s1. The van der Waals surface area contributed by atoms with Gasteiger partial charge in [0.05, 0.1) is 22.5 Å². The second-order valence-corrected chi connectivity index (χ2v) is 9.86. The van der Waals surface area contributed by atoms with Crippen molar-refractivity contribution < 1.29 is 9.18 Å². The largest absolute Gasteiger partial charge is 0.293 e. The van der Waals surface area contributed by atoms with Crippen molar-refractivity contribution >= 4 is 16.7 Å². The number of hydrogen-bond donors (Lipinski definition) is 0. The molecule has 2 aromatic heterocycles. The van der Waals surface area contributed by atoms with E-state index in [4.69, 9.17) is 9.97 Å². The predicted octanol–water partition coefficient (Wildman–Crippen LogP) is 5.99. The molecule has 0 spiro atoms. The van der Waals surface area contributed by atoms with Gasteiger partial charge in [0.2, 0.25) is 0 Å². The lowest BCUT2D eigenvalue weighted by Crippen LogP contribution is -2.46. The highest BCUT2D eigenvalue weighted by atomic mass is 19.1. The van der Waals surface area contributed by atoms with Gasteiger partial charge >= 0.3 is 0 Å². The van der Waals surface area contributed by atoms with E-state index >= 15 is 0 Å². The third kappa shape index (κ3) is 3.27. The highest BCUT2D eigenvalue weighted by Crippen LogP contribution is 2.51. The number of rotatable bonds is 2. The van der Waals surface area contributed by atoms with Gasteiger partial charge in [-0.3, -0.25) is 9.78 Å². The Morgan fingerprint density at radius 2 is 1.86 bits per heavy atom. The van der Waals surface area contributed by atoms with Crippen LogP contribution < -0.4 is 0 Å². The summed E-state index contributed by atoms with van der Waals surface area (Å²) >= 11 is 0. The molecule has 0 fully saturated rings. The Labute approximate surface area is 208 Å². The van der Waals surface area contributed by atoms with Crippen molar-refractivity contribution in [3.05, 3.63) is 89.5 Å². The van der Waals surface area contributed by atoms with E-state index in [2.05, 4.69) is 18.0 Å². The highest BCUT2D eigenvalue weighted by Gasteiger charge is 2.49. The summed E-state index contributed by atoms with van der Waals surface area (Å²) in [6, 6.07) is 18.2. The van der Waals surface area contributed by atoms with Crippen molar-refractivity contribution in [3.8, 4) is 28.7 Å². The molecule has 0 N–H and O–H groups in total. The highest BCUT2D eigenvalue weighted by molar-refractivity contribution is 6.02. The number of para-hydroxylation sites is 1. The number of benzene rings is 2. The van der Waals surface area contributed by atoms with E-state index in [0.717, 1.165) is 45.4 Å². The van der Waals surface area contributed by atoms with Crippen molar-refractivity contribution in [1.82, 2.24) is 15.0 Å². The van der Waals surface area contributed by atoms with Crippen LogP contribution in [0.1, 0.15) is 31.5 Å². The topological polar surface area (TPSA) is 79.5 Å². The van der Waals surface area contributed by atoms with E-state index in [-0.39, 0.29) is 29.0 Å². The molecule has 36 heavy (non-hydrogen) atoms. The van der Waals surface area contributed by atoms with Gasteiger partial charge < -0.3 is 0 Å². The van der Waals surface area contributed by atoms with Crippen LogP contribution in [0.4, 0.5) is 4.39 Å². The van der Waals surface area contributed by atoms with Gasteiger partial charge in [-0.1, -0.05) is 38.1 Å². The van der Waals surface area contributed by atoms with E-state index in [9.17, 15) is 14.4 Å². The number of carbonyl (C=O) groups excluding carboxylic acids is 1. The first-order valence-electron chi connectivity index (χ1n) is 12.1. The average molecular weight is 475 g/mol. The molecule has 3 atom stereocenters. The molecule has 176 valence electrons. The quantitative estimate of drug-likeness (QED) is 0.357. The number of fused-ring (bicyclic) bond motifs is 4. The van der Waals surface area contributed by atoms with Crippen LogP contribution in [-0.4, -0.2) is 20.7 Å². The SMILES string of the molecule is C[C@H]1C(=O)C(C#N)=C[C@@]2(C)c3nc(-c4ccnc5ccccc45)nc(-c4ccc(F)cc4)c3CC[C@H]12. The molecule has 0 aliphatic heterocycles. The first-order chi connectivity index (χ1) is 17.4. The summed E-state index contributed by atoms with van der Waals surface area (Å²) in [5.74, 6) is -0.123. The number of hydrogen-bond acceptors (Lipinski definition) is 5. The minimum Gasteiger partial charge on any atom is -0.293 e. The predicted molar refractivity (Wildman–Crippen MR) is 135 cm³/mol. The normalized spacial score (nSPS) is 22.9. The Bertz CT molecular complexity index is 1610. The van der Waals surface area contributed by atoms with E-state index in [0.29, 0.717) is 12.2 Å². The lowest BCUT2D eigenvalue weighted by atomic mass is 9.57. The molecule has 6 rings (SSSR count). The summed E-state index contributed by atoms with van der Waals surface area (Å²) in [7, 11) is 0. The van der Waals surface area contributed by atoms with Crippen LogP contribution in [0.3, 0.4) is 0 Å². The van der Waals surface area contributed by atoms with Crippen molar-refractivity contribution in [2.24, 2.45) is 11.8 Å². The third-order valence-corrected chi connectivity index (χ3v) is 7.85. The Balaban J connectivity index is 1.68. The number of carbonyl (C=O) groups is 1. The van der Waals surface area contributed by atoms with Gasteiger partial charge in [0.15, 0.2) is 11.6 Å². The van der Waals surface area contributed by atoms with Crippen LogP contribution in [-0.2, 0) is 16.6 Å². The molecule has 2 aromatic carbocycles. The van der Waals surface area contributed by atoms with Gasteiger partial charge in [0, 0.05) is 39.6 Å². The van der Waals surface area contributed by atoms with Gasteiger partial charge in [0.25, 0.3) is 0 Å². The van der Waals surface area contributed by atoms with Gasteiger partial charge in [-0.2, -0.15) is 5.26 Å². The summed E-state index contributed by atoms with van der Waals surface area (Å²) in [5.41, 5.74) is 4.64. The van der Waals surface area contributed by atoms with E-state index in [1.54, 1.807) is 18.3 Å². The van der Waals surface area contributed by atoms with Gasteiger partial charge in [0.1, 0.15) is 11.9 Å². The van der Waals surface area contributed by atoms with Crippen LogP contribution in [0, 0.1) is 29.0 Å². The molecule has 0 saturated heterocycles. The fraction of sp³-hybridized carbons (Fsp3) is 0.233. The minimum absolute atomic E-state index is 0.0209.